The molecule has 0 radical (unpaired) electrons. The number of aryl methyl sites for hydroxylation is 1. The number of rotatable bonds is 5. The number of nitrogens with zero attached hydrogens (tertiary/aromatic N) is 1. The molecule has 0 bridgehead atoms. The maximum absolute atomic E-state index is 14.2. The highest BCUT2D eigenvalue weighted by Gasteiger charge is 2.21. The molecule has 0 saturated carbocycles. The zero-order valence-corrected chi connectivity index (χ0v) is 13.4. The van der Waals surface area contributed by atoms with Crippen molar-refractivity contribution in [3.05, 3.63) is 35.0 Å². The van der Waals surface area contributed by atoms with Crippen LogP contribution in [0.2, 0.25) is 0 Å². The highest BCUT2D eigenvalue weighted by molar-refractivity contribution is 5.89. The fraction of sp³-hybridized carbons (Fsp3) is 0.412. The maximum atomic E-state index is 14.2. The van der Waals surface area contributed by atoms with Crippen LogP contribution >= 0.6 is 0 Å². The number of carbonyl (C=O) groups excluding carboxylic acids is 1. The molecule has 0 fully saturated rings. The lowest BCUT2D eigenvalue weighted by Crippen LogP contribution is -2.14. The van der Waals surface area contributed by atoms with Gasteiger partial charge in [0.15, 0.2) is 17.4 Å². The zero-order chi connectivity index (χ0) is 17.0. The van der Waals surface area contributed by atoms with Crippen molar-refractivity contribution in [1.82, 2.24) is 4.98 Å². The van der Waals surface area contributed by atoms with Gasteiger partial charge in [0.1, 0.15) is 0 Å². The minimum Gasteiger partial charge on any atom is -0.434 e. The molecule has 23 heavy (non-hydrogen) atoms. The first-order valence-electron chi connectivity index (χ1n) is 7.61. The molecule has 0 unspecified atom stereocenters. The first kappa shape index (κ1) is 17.1. The molecular formula is C17H19F2NO3. The van der Waals surface area contributed by atoms with Crippen LogP contribution in [0.1, 0.15) is 37.9 Å². The quantitative estimate of drug-likeness (QED) is 0.591. The summed E-state index contributed by atoms with van der Waals surface area (Å²) in [6, 6.07) is 2.37. The van der Waals surface area contributed by atoms with Crippen LogP contribution in [0, 0.1) is 18.6 Å². The van der Waals surface area contributed by atoms with E-state index in [2.05, 4.69) is 4.98 Å². The van der Waals surface area contributed by atoms with E-state index in [1.807, 2.05) is 13.8 Å². The summed E-state index contributed by atoms with van der Waals surface area (Å²) < 4.78 is 37.9. The Morgan fingerprint density at radius 3 is 2.65 bits per heavy atom. The van der Waals surface area contributed by atoms with Crippen molar-refractivity contribution in [2.45, 2.75) is 40.0 Å². The van der Waals surface area contributed by atoms with Crippen molar-refractivity contribution in [3.63, 3.8) is 0 Å². The Morgan fingerprint density at radius 1 is 1.26 bits per heavy atom. The van der Waals surface area contributed by atoms with Crippen molar-refractivity contribution in [2.75, 3.05) is 6.61 Å². The summed E-state index contributed by atoms with van der Waals surface area (Å²) >= 11 is 0. The Hall–Kier alpha value is -2.24. The van der Waals surface area contributed by atoms with E-state index in [4.69, 9.17) is 9.47 Å². The summed E-state index contributed by atoms with van der Waals surface area (Å²) in [5, 5.41) is -0.146. The van der Waals surface area contributed by atoms with Crippen LogP contribution in [-0.2, 0) is 11.2 Å². The molecule has 2 rings (SSSR count). The number of aromatic nitrogens is 1. The predicted octanol–water partition coefficient (Wildman–Crippen LogP) is 4.70. The minimum absolute atomic E-state index is 0.0367. The largest absolute Gasteiger partial charge is 0.513 e. The second-order valence-corrected chi connectivity index (χ2v) is 5.18. The van der Waals surface area contributed by atoms with E-state index in [1.54, 1.807) is 6.92 Å². The number of pyridine rings is 1. The number of carbonyl (C=O) groups is 1. The first-order valence-corrected chi connectivity index (χ1v) is 7.61. The molecule has 0 aliphatic rings. The van der Waals surface area contributed by atoms with Crippen LogP contribution in [0.25, 0.3) is 10.9 Å². The number of unbranched alkanes of at least 4 members (excludes halogenated alkanes) is 1. The maximum Gasteiger partial charge on any atom is 0.513 e. The number of hydrogen-bond acceptors (Lipinski definition) is 4. The third-order valence-corrected chi connectivity index (χ3v) is 3.57. The van der Waals surface area contributed by atoms with Gasteiger partial charge >= 0.3 is 6.16 Å². The van der Waals surface area contributed by atoms with E-state index >= 15 is 0 Å². The smallest absolute Gasteiger partial charge is 0.434 e. The van der Waals surface area contributed by atoms with Gasteiger partial charge in [0, 0.05) is 11.3 Å². The summed E-state index contributed by atoms with van der Waals surface area (Å²) in [5.41, 5.74) is 1.39. The third-order valence-electron chi connectivity index (χ3n) is 3.57. The van der Waals surface area contributed by atoms with Gasteiger partial charge in [0.2, 0.25) is 0 Å². The SMILES string of the molecule is CCCCOC(=O)Oc1c(C)c(CC)nc2ccc(F)c(F)c12. The van der Waals surface area contributed by atoms with E-state index < -0.39 is 17.8 Å². The predicted molar refractivity (Wildman–Crippen MR) is 82.7 cm³/mol. The summed E-state index contributed by atoms with van der Waals surface area (Å²) in [7, 11) is 0. The van der Waals surface area contributed by atoms with Crippen LogP contribution in [0.15, 0.2) is 12.1 Å². The molecule has 124 valence electrons. The molecule has 0 amide bonds. The summed E-state index contributed by atoms with van der Waals surface area (Å²) in [5.74, 6) is -2.14. The van der Waals surface area contributed by atoms with Gasteiger partial charge in [-0.2, -0.15) is 0 Å². The lowest BCUT2D eigenvalue weighted by atomic mass is 10.1. The number of hydrogen-bond donors (Lipinski definition) is 0. The Balaban J connectivity index is 2.49. The Morgan fingerprint density at radius 2 is 2.00 bits per heavy atom. The van der Waals surface area contributed by atoms with E-state index in [9.17, 15) is 13.6 Å². The number of halogens is 2. The summed E-state index contributed by atoms with van der Waals surface area (Å²) in [6.07, 6.45) is 1.21. The summed E-state index contributed by atoms with van der Waals surface area (Å²) in [6.45, 7) is 5.71. The molecule has 0 aliphatic carbocycles. The van der Waals surface area contributed by atoms with E-state index in [0.29, 0.717) is 24.1 Å². The zero-order valence-electron chi connectivity index (χ0n) is 13.4. The molecule has 1 heterocycles. The van der Waals surface area contributed by atoms with Gasteiger partial charge < -0.3 is 9.47 Å². The lowest BCUT2D eigenvalue weighted by molar-refractivity contribution is 0.0980. The van der Waals surface area contributed by atoms with Crippen LogP contribution in [0.4, 0.5) is 13.6 Å². The van der Waals surface area contributed by atoms with Crippen LogP contribution in [0.3, 0.4) is 0 Å². The minimum atomic E-state index is -1.09. The van der Waals surface area contributed by atoms with Gasteiger partial charge in [-0.3, -0.25) is 4.98 Å². The molecule has 0 N–H and O–H groups in total. The normalized spacial score (nSPS) is 10.8. The fourth-order valence-electron chi connectivity index (χ4n) is 2.28. The second-order valence-electron chi connectivity index (χ2n) is 5.18. The topological polar surface area (TPSA) is 48.4 Å². The average molecular weight is 323 g/mol. The number of benzene rings is 1. The highest BCUT2D eigenvalue weighted by atomic mass is 19.2. The Kier molecular flexibility index (Phi) is 5.47. The van der Waals surface area contributed by atoms with Gasteiger partial charge in [-0.15, -0.1) is 0 Å². The van der Waals surface area contributed by atoms with Crippen molar-refractivity contribution in [1.29, 1.82) is 0 Å². The van der Waals surface area contributed by atoms with E-state index in [-0.39, 0.29) is 23.3 Å². The average Bonchev–Trinajstić information content (AvgIpc) is 2.53. The molecule has 2 aromatic rings. The molecular weight excluding hydrogens is 304 g/mol. The van der Waals surface area contributed by atoms with E-state index in [1.165, 1.54) is 6.07 Å². The third kappa shape index (κ3) is 3.57. The fourth-order valence-corrected chi connectivity index (χ4v) is 2.28. The monoisotopic (exact) mass is 323 g/mol. The van der Waals surface area contributed by atoms with Gasteiger partial charge in [0.05, 0.1) is 17.5 Å². The first-order chi connectivity index (χ1) is 11.0. The molecule has 1 aromatic heterocycles. The lowest BCUT2D eigenvalue weighted by Gasteiger charge is -2.14. The van der Waals surface area contributed by atoms with Crippen LogP contribution in [0.5, 0.6) is 5.75 Å². The Labute approximate surface area is 133 Å². The van der Waals surface area contributed by atoms with Gasteiger partial charge in [-0.05, 0) is 31.9 Å². The molecule has 6 heteroatoms. The Bertz CT molecular complexity index is 732. The molecule has 0 saturated heterocycles. The highest BCUT2D eigenvalue weighted by Crippen LogP contribution is 2.34. The van der Waals surface area contributed by atoms with Gasteiger partial charge in [0.25, 0.3) is 0 Å². The second kappa shape index (κ2) is 7.35. The molecule has 0 spiro atoms. The van der Waals surface area contributed by atoms with Gasteiger partial charge in [-0.1, -0.05) is 20.3 Å². The van der Waals surface area contributed by atoms with Crippen LogP contribution in [-0.4, -0.2) is 17.7 Å². The van der Waals surface area contributed by atoms with Crippen molar-refractivity contribution >= 4 is 17.1 Å². The standard InChI is InChI=1S/C17H19F2NO3/c1-4-6-9-22-17(21)23-16-10(3)12(5-2)20-13-8-7-11(18)15(19)14(13)16/h7-8H,4-6,9H2,1-3H3. The van der Waals surface area contributed by atoms with Crippen LogP contribution < -0.4 is 4.74 Å². The number of ether oxygens (including phenoxy) is 2. The van der Waals surface area contributed by atoms with E-state index in [0.717, 1.165) is 12.5 Å². The van der Waals surface area contributed by atoms with Crippen molar-refractivity contribution < 1.29 is 23.0 Å². The molecule has 0 aliphatic heterocycles. The number of fused-ring (bicyclic) bond motifs is 1. The molecule has 0 atom stereocenters. The summed E-state index contributed by atoms with van der Waals surface area (Å²) in [4.78, 5) is 16.1. The molecule has 1 aromatic carbocycles. The van der Waals surface area contributed by atoms with Gasteiger partial charge in [-0.25, -0.2) is 13.6 Å². The molecule has 4 nitrogen and oxygen atoms in total. The van der Waals surface area contributed by atoms with Crippen molar-refractivity contribution in [3.8, 4) is 5.75 Å². The van der Waals surface area contributed by atoms with Crippen molar-refractivity contribution in [2.24, 2.45) is 0 Å².